The van der Waals surface area contributed by atoms with Crippen molar-refractivity contribution in [1.29, 1.82) is 0 Å². The van der Waals surface area contributed by atoms with Gasteiger partial charge in [0.25, 0.3) is 0 Å². The number of hydrogen-bond donors (Lipinski definition) is 0. The van der Waals surface area contributed by atoms with E-state index in [9.17, 15) is 0 Å². The van der Waals surface area contributed by atoms with Crippen LogP contribution in [0.15, 0.2) is 168 Å². The van der Waals surface area contributed by atoms with Crippen molar-refractivity contribution in [3.63, 3.8) is 0 Å². The predicted octanol–water partition coefficient (Wildman–Crippen LogP) is 9.39. The molecule has 2 aliphatic rings. The van der Waals surface area contributed by atoms with Gasteiger partial charge in [0.05, 0.1) is 5.52 Å². The van der Waals surface area contributed by atoms with Gasteiger partial charge in [-0.1, -0.05) is 84.4 Å². The number of nitrogens with zero attached hydrogens (tertiary/aromatic N) is 4. The number of fused-ring (bicyclic) bond motifs is 6. The molecule has 0 spiro atoms. The zero-order valence-electron chi connectivity index (χ0n) is 28.2. The quantitative estimate of drug-likeness (QED) is 0.131. The van der Waals surface area contributed by atoms with Crippen LogP contribution < -0.4 is 26.2 Å². The molecule has 2 aliphatic heterocycles. The van der Waals surface area contributed by atoms with Crippen molar-refractivity contribution in [3.05, 3.63) is 176 Å². The van der Waals surface area contributed by atoms with E-state index < -0.39 is 0 Å². The van der Waals surface area contributed by atoms with Gasteiger partial charge in [-0.2, -0.15) is 0 Å². The summed E-state index contributed by atoms with van der Waals surface area (Å²) in [5.41, 5.74) is 14.1. The van der Waals surface area contributed by atoms with E-state index in [1.165, 1.54) is 5.46 Å². The number of aromatic nitrogens is 2. The fourth-order valence-electron chi connectivity index (χ4n) is 8.05. The largest absolute Gasteiger partial charge is 2.00 e. The van der Waals surface area contributed by atoms with Crippen LogP contribution in [0, 0.1) is 12.1 Å². The molecule has 0 amide bonds. The van der Waals surface area contributed by atoms with Crippen molar-refractivity contribution >= 4 is 79.1 Å². The van der Waals surface area contributed by atoms with Crippen molar-refractivity contribution < 1.29 is 25.5 Å². The molecule has 2 aromatic heterocycles. The molecule has 0 fully saturated rings. The predicted molar refractivity (Wildman–Crippen MR) is 212 cm³/mol. The van der Waals surface area contributed by atoms with E-state index in [0.29, 0.717) is 5.89 Å². The van der Waals surface area contributed by atoms with Crippen LogP contribution in [0.2, 0.25) is 0 Å². The van der Waals surface area contributed by atoms with Crippen LogP contribution in [-0.2, 0) is 21.1 Å². The summed E-state index contributed by atoms with van der Waals surface area (Å²) >= 11 is 0. The Balaban J connectivity index is 0.00000349. The van der Waals surface area contributed by atoms with Gasteiger partial charge in [0.1, 0.15) is 11.5 Å². The van der Waals surface area contributed by atoms with Gasteiger partial charge in [0, 0.05) is 28.9 Å². The van der Waals surface area contributed by atoms with Gasteiger partial charge in [0.15, 0.2) is 0 Å². The number of pyridine rings is 1. The number of rotatable bonds is 4. The van der Waals surface area contributed by atoms with Crippen LogP contribution >= 0.6 is 0 Å². The van der Waals surface area contributed by atoms with Gasteiger partial charge in [-0.15, -0.1) is 52.9 Å². The molecule has 53 heavy (non-hydrogen) atoms. The van der Waals surface area contributed by atoms with Gasteiger partial charge in [-0.25, -0.2) is 0 Å². The van der Waals surface area contributed by atoms with Crippen LogP contribution in [0.3, 0.4) is 0 Å². The maximum absolute atomic E-state index is 6.31. The first-order valence-corrected chi connectivity index (χ1v) is 17.5. The van der Waals surface area contributed by atoms with Crippen LogP contribution in [0.25, 0.3) is 44.6 Å². The Morgan fingerprint density at radius 3 is 1.83 bits per heavy atom. The van der Waals surface area contributed by atoms with E-state index >= 15 is 0 Å². The molecule has 5 nitrogen and oxygen atoms in total. The van der Waals surface area contributed by atoms with Crippen molar-refractivity contribution in [3.8, 4) is 22.7 Å². The average Bonchev–Trinajstić information content (AvgIpc) is 3.65. The Hall–Kier alpha value is -6.23. The van der Waals surface area contributed by atoms with Crippen molar-refractivity contribution in [2.75, 3.05) is 9.80 Å². The second-order valence-corrected chi connectivity index (χ2v) is 13.2. The molecule has 0 N–H and O–H groups in total. The zero-order chi connectivity index (χ0) is 34.2. The smallest absolute Gasteiger partial charge is 0.481 e. The van der Waals surface area contributed by atoms with Crippen LogP contribution in [-0.4, -0.2) is 16.7 Å². The van der Waals surface area contributed by atoms with E-state index in [2.05, 4.69) is 155 Å². The second-order valence-electron chi connectivity index (χ2n) is 13.2. The topological polar surface area (TPSA) is 45.4 Å². The third kappa shape index (κ3) is 4.90. The summed E-state index contributed by atoms with van der Waals surface area (Å²) in [6, 6.07) is 62.7. The fraction of sp³-hybridized carbons (Fsp3) is 0. The molecule has 0 atom stereocenters. The Labute approximate surface area is 321 Å². The molecule has 7 heteroatoms. The summed E-state index contributed by atoms with van der Waals surface area (Å²) < 4.78 is 6.31. The summed E-state index contributed by atoms with van der Waals surface area (Å²) in [6.07, 6.45) is 1.89. The third-order valence-electron chi connectivity index (χ3n) is 10.3. The normalized spacial score (nSPS) is 12.6. The van der Waals surface area contributed by atoms with E-state index in [0.717, 1.165) is 83.7 Å². The molecule has 0 aliphatic carbocycles. The van der Waals surface area contributed by atoms with Crippen molar-refractivity contribution in [2.24, 2.45) is 0 Å². The fourth-order valence-corrected chi connectivity index (χ4v) is 8.05. The Bertz CT molecular complexity index is 2790. The van der Waals surface area contributed by atoms with Gasteiger partial charge in [-0.05, 0) is 87.9 Å². The SMILES string of the molecule is [Pt+2].[c-]1c(-c2nc3ccccc3o2)ccc2c1B1c3[c-]c(-c4nccc5ccccc45)ccc3N(c3ccccc3)c3cccc(c31)N2c1ccccc1. The summed E-state index contributed by atoms with van der Waals surface area (Å²) in [5, 5.41) is 2.25. The first-order valence-electron chi connectivity index (χ1n) is 17.5. The number of oxazole rings is 1. The molecular weight excluding hydrogens is 830 g/mol. The molecule has 250 valence electrons. The van der Waals surface area contributed by atoms with E-state index in [4.69, 9.17) is 14.4 Å². The molecule has 4 heterocycles. The van der Waals surface area contributed by atoms with E-state index in [1.54, 1.807) is 0 Å². The Morgan fingerprint density at radius 1 is 0.528 bits per heavy atom. The standard InChI is InChI=1S/C46H27BN4O.Pt/c1-3-13-33(14-4-1)50-39-24-22-31(45-35-17-8-7-12-30(35)26-27-48-45)28-36(39)47-37-29-32(46-49-38-18-9-10-21-43(38)52-46)23-25-40(37)51(34-15-5-2-6-16-34)42-20-11-19-41(50)44(42)47;/h1-27H;/q-2;+2. The molecule has 11 rings (SSSR count). The molecule has 0 radical (unpaired) electrons. The van der Waals surface area contributed by atoms with Crippen LogP contribution in [0.5, 0.6) is 0 Å². The number of anilines is 6. The summed E-state index contributed by atoms with van der Waals surface area (Å²) in [4.78, 5) is 14.5. The first-order chi connectivity index (χ1) is 25.8. The molecule has 0 saturated heterocycles. The van der Waals surface area contributed by atoms with E-state index in [-0.39, 0.29) is 27.8 Å². The number of benzene rings is 7. The van der Waals surface area contributed by atoms with Gasteiger partial charge < -0.3 is 19.2 Å². The zero-order valence-corrected chi connectivity index (χ0v) is 30.5. The Kier molecular flexibility index (Phi) is 7.41. The van der Waals surface area contributed by atoms with Crippen molar-refractivity contribution in [1.82, 2.24) is 9.97 Å². The van der Waals surface area contributed by atoms with Crippen LogP contribution in [0.1, 0.15) is 0 Å². The molecule has 9 aromatic rings. The second kappa shape index (κ2) is 12.5. The molecular formula is C46H27BN4OPt. The summed E-state index contributed by atoms with van der Waals surface area (Å²) in [7, 11) is 0. The van der Waals surface area contributed by atoms with Crippen LogP contribution in [0.4, 0.5) is 34.1 Å². The first kappa shape index (κ1) is 31.5. The van der Waals surface area contributed by atoms with Gasteiger partial charge in [-0.3, -0.25) is 4.98 Å². The van der Waals surface area contributed by atoms with E-state index in [1.807, 2.05) is 30.5 Å². The minimum atomic E-state index is -0.185. The van der Waals surface area contributed by atoms with Gasteiger partial charge >= 0.3 is 21.1 Å². The molecule has 0 unspecified atom stereocenters. The molecule has 7 aromatic carbocycles. The molecule has 0 saturated carbocycles. The number of para-hydroxylation sites is 4. The maximum atomic E-state index is 6.31. The minimum Gasteiger partial charge on any atom is -0.481 e. The average molecular weight is 858 g/mol. The molecule has 0 bridgehead atoms. The Morgan fingerprint density at radius 2 is 1.13 bits per heavy atom. The monoisotopic (exact) mass is 857 g/mol. The third-order valence-corrected chi connectivity index (χ3v) is 10.3. The van der Waals surface area contributed by atoms with Gasteiger partial charge in [0.2, 0.25) is 6.71 Å². The summed E-state index contributed by atoms with van der Waals surface area (Å²) in [5.74, 6) is 0.550. The maximum Gasteiger partial charge on any atom is 2.00 e. The minimum absolute atomic E-state index is 0. The number of hydrogen-bond acceptors (Lipinski definition) is 5. The van der Waals surface area contributed by atoms with Crippen molar-refractivity contribution in [2.45, 2.75) is 0 Å². The summed E-state index contributed by atoms with van der Waals surface area (Å²) in [6.45, 7) is -0.185.